The quantitative estimate of drug-likeness (QED) is 0.457. The summed E-state index contributed by atoms with van der Waals surface area (Å²) in [6.45, 7) is 8.70. The number of hydrogen-bond donors (Lipinski definition) is 2. The Kier molecular flexibility index (Phi) is 10.0. The second-order valence-electron chi connectivity index (χ2n) is 5.24. The second-order valence-corrected chi connectivity index (χ2v) is 6.05. The van der Waals surface area contributed by atoms with E-state index < -0.39 is 6.10 Å². The van der Waals surface area contributed by atoms with E-state index in [-0.39, 0.29) is 5.25 Å². The molecule has 0 rings (SSSR count). The smallest absolute Gasteiger partial charge is 0.0836 e. The van der Waals surface area contributed by atoms with Crippen molar-refractivity contribution in [2.75, 3.05) is 0 Å². The Labute approximate surface area is 113 Å². The summed E-state index contributed by atoms with van der Waals surface area (Å²) >= 11 is 4.28. The predicted octanol–water partition coefficient (Wildman–Crippen LogP) is 4.61. The number of thiol groups is 1. The molecule has 0 radical (unpaired) electrons. The lowest BCUT2D eigenvalue weighted by molar-refractivity contribution is 0.223. The lowest BCUT2D eigenvalue weighted by atomic mass is 9.94. The number of aliphatic hydroxyl groups is 1. The van der Waals surface area contributed by atoms with Crippen LogP contribution in [0.15, 0.2) is 11.6 Å². The summed E-state index contributed by atoms with van der Waals surface area (Å²) in [5.41, 5.74) is 1.41. The van der Waals surface area contributed by atoms with Gasteiger partial charge in [-0.2, -0.15) is 12.6 Å². The third kappa shape index (κ3) is 8.73. The molecule has 0 aromatic heterocycles. The van der Waals surface area contributed by atoms with Gasteiger partial charge in [-0.05, 0) is 25.2 Å². The van der Waals surface area contributed by atoms with Crippen molar-refractivity contribution >= 4 is 12.6 Å². The lowest BCUT2D eigenvalue weighted by Crippen LogP contribution is -2.15. The molecule has 3 unspecified atom stereocenters. The van der Waals surface area contributed by atoms with Crippen LogP contribution in [0.1, 0.15) is 66.2 Å². The molecule has 0 fully saturated rings. The number of allylic oxidation sites excluding steroid dienone is 1. The number of aliphatic hydroxyl groups excluding tert-OH is 1. The van der Waals surface area contributed by atoms with Crippen LogP contribution in [0.25, 0.3) is 0 Å². The topological polar surface area (TPSA) is 20.2 Å². The molecule has 0 aliphatic heterocycles. The maximum Gasteiger partial charge on any atom is 0.0836 e. The number of rotatable bonds is 9. The Morgan fingerprint density at radius 3 is 2.24 bits per heavy atom. The van der Waals surface area contributed by atoms with Crippen LogP contribution in [-0.2, 0) is 0 Å². The molecule has 17 heavy (non-hydrogen) atoms. The number of hydrogen-bond acceptors (Lipinski definition) is 2. The van der Waals surface area contributed by atoms with Gasteiger partial charge in [0.1, 0.15) is 0 Å². The zero-order chi connectivity index (χ0) is 13.3. The summed E-state index contributed by atoms with van der Waals surface area (Å²) in [4.78, 5) is 0. The molecule has 0 aromatic rings. The predicted molar refractivity (Wildman–Crippen MR) is 80.8 cm³/mol. The van der Waals surface area contributed by atoms with Gasteiger partial charge in [-0.1, -0.05) is 58.6 Å². The van der Waals surface area contributed by atoms with Crippen LogP contribution < -0.4 is 0 Å². The highest BCUT2D eigenvalue weighted by atomic mass is 32.1. The van der Waals surface area contributed by atoms with Crippen LogP contribution in [0.2, 0.25) is 0 Å². The average Bonchev–Trinajstić information content (AvgIpc) is 2.26. The second kappa shape index (κ2) is 10.0. The molecule has 0 aliphatic carbocycles. The fourth-order valence-electron chi connectivity index (χ4n) is 2.06. The van der Waals surface area contributed by atoms with Crippen LogP contribution in [0.5, 0.6) is 0 Å². The summed E-state index contributed by atoms with van der Waals surface area (Å²) in [6.07, 6.45) is 8.84. The molecule has 0 spiro atoms. The third-order valence-electron chi connectivity index (χ3n) is 3.21. The molecule has 102 valence electrons. The Hall–Kier alpha value is 0.0500. The van der Waals surface area contributed by atoms with Gasteiger partial charge >= 0.3 is 0 Å². The van der Waals surface area contributed by atoms with Crippen LogP contribution in [-0.4, -0.2) is 16.5 Å². The van der Waals surface area contributed by atoms with Gasteiger partial charge in [-0.25, -0.2) is 0 Å². The first kappa shape index (κ1) is 17.1. The minimum absolute atomic E-state index is 0.0231. The van der Waals surface area contributed by atoms with Crippen LogP contribution in [0.4, 0.5) is 0 Å². The summed E-state index contributed by atoms with van der Waals surface area (Å²) in [6, 6.07) is 0. The summed E-state index contributed by atoms with van der Waals surface area (Å²) in [7, 11) is 0. The summed E-state index contributed by atoms with van der Waals surface area (Å²) < 4.78 is 0. The molecule has 1 N–H and O–H groups in total. The van der Waals surface area contributed by atoms with Crippen molar-refractivity contribution < 1.29 is 5.11 Å². The molecule has 3 atom stereocenters. The van der Waals surface area contributed by atoms with Gasteiger partial charge in [0.25, 0.3) is 0 Å². The van der Waals surface area contributed by atoms with Gasteiger partial charge in [0, 0.05) is 5.25 Å². The van der Waals surface area contributed by atoms with E-state index in [9.17, 15) is 5.11 Å². The maximum atomic E-state index is 9.84. The minimum Gasteiger partial charge on any atom is -0.388 e. The van der Waals surface area contributed by atoms with E-state index in [0.29, 0.717) is 0 Å². The van der Waals surface area contributed by atoms with Gasteiger partial charge in [-0.15, -0.1) is 0 Å². The van der Waals surface area contributed by atoms with E-state index in [1.807, 2.05) is 13.0 Å². The Balaban J connectivity index is 4.23. The van der Waals surface area contributed by atoms with Crippen molar-refractivity contribution in [3.05, 3.63) is 11.6 Å². The summed E-state index contributed by atoms with van der Waals surface area (Å²) in [5.74, 6) is 0.797. The molecule has 1 nitrogen and oxygen atoms in total. The van der Waals surface area contributed by atoms with E-state index >= 15 is 0 Å². The molecule has 0 saturated carbocycles. The van der Waals surface area contributed by atoms with E-state index in [4.69, 9.17) is 0 Å². The highest BCUT2D eigenvalue weighted by Gasteiger charge is 2.09. The minimum atomic E-state index is -0.402. The largest absolute Gasteiger partial charge is 0.388 e. The fraction of sp³-hybridized carbons (Fsp3) is 0.867. The molecule has 0 amide bonds. The van der Waals surface area contributed by atoms with Crippen LogP contribution in [0.3, 0.4) is 0 Å². The monoisotopic (exact) mass is 258 g/mol. The zero-order valence-electron chi connectivity index (χ0n) is 11.9. The molecular weight excluding hydrogens is 228 g/mol. The van der Waals surface area contributed by atoms with E-state index in [0.717, 1.165) is 25.2 Å². The Morgan fingerprint density at radius 2 is 1.76 bits per heavy atom. The first-order chi connectivity index (χ1) is 8.01. The van der Waals surface area contributed by atoms with Gasteiger partial charge in [0.2, 0.25) is 0 Å². The maximum absolute atomic E-state index is 9.84. The van der Waals surface area contributed by atoms with E-state index in [1.165, 1.54) is 24.8 Å². The van der Waals surface area contributed by atoms with Gasteiger partial charge < -0.3 is 5.11 Å². The molecule has 0 heterocycles. The van der Waals surface area contributed by atoms with E-state index in [2.05, 4.69) is 33.4 Å². The summed E-state index contributed by atoms with van der Waals surface area (Å²) in [5, 5.41) is 9.86. The average molecular weight is 258 g/mol. The fourth-order valence-corrected chi connectivity index (χ4v) is 2.15. The third-order valence-corrected chi connectivity index (χ3v) is 3.52. The normalized spacial score (nSPS) is 17.9. The van der Waals surface area contributed by atoms with Gasteiger partial charge in [-0.3, -0.25) is 0 Å². The molecule has 0 bridgehead atoms. The Morgan fingerprint density at radius 1 is 1.12 bits per heavy atom. The molecule has 0 aromatic carbocycles. The van der Waals surface area contributed by atoms with Crippen molar-refractivity contribution in [2.24, 2.45) is 5.92 Å². The Bertz CT molecular complexity index is 211. The highest BCUT2D eigenvalue weighted by molar-refractivity contribution is 7.81. The SMILES string of the molecule is CCC/C(=C\C(O)C(C)S)CCC(C)CCC. The van der Waals surface area contributed by atoms with E-state index in [1.54, 1.807) is 0 Å². The van der Waals surface area contributed by atoms with Crippen molar-refractivity contribution in [1.82, 2.24) is 0 Å². The van der Waals surface area contributed by atoms with Gasteiger partial charge in [0.05, 0.1) is 6.10 Å². The van der Waals surface area contributed by atoms with Crippen molar-refractivity contribution in [1.29, 1.82) is 0 Å². The molecular formula is C15H30OS. The molecule has 0 saturated heterocycles. The van der Waals surface area contributed by atoms with Crippen molar-refractivity contribution in [3.63, 3.8) is 0 Å². The standard InChI is InChI=1S/C15H30OS/c1-5-7-12(3)9-10-14(8-6-2)11-15(16)13(4)17/h11-13,15-17H,5-10H2,1-4H3/b14-11+. The van der Waals surface area contributed by atoms with Crippen LogP contribution >= 0.6 is 12.6 Å². The molecule has 2 heteroatoms. The van der Waals surface area contributed by atoms with Gasteiger partial charge in [0.15, 0.2) is 0 Å². The lowest BCUT2D eigenvalue weighted by Gasteiger charge is -2.15. The highest BCUT2D eigenvalue weighted by Crippen LogP contribution is 2.20. The van der Waals surface area contributed by atoms with Crippen molar-refractivity contribution in [2.45, 2.75) is 77.6 Å². The zero-order valence-corrected chi connectivity index (χ0v) is 12.8. The van der Waals surface area contributed by atoms with Crippen molar-refractivity contribution in [3.8, 4) is 0 Å². The van der Waals surface area contributed by atoms with Crippen LogP contribution in [0, 0.1) is 5.92 Å². The first-order valence-corrected chi connectivity index (χ1v) is 7.58. The first-order valence-electron chi connectivity index (χ1n) is 7.06. The molecule has 0 aliphatic rings.